The third-order valence-electron chi connectivity index (χ3n) is 6.51. The summed E-state index contributed by atoms with van der Waals surface area (Å²) in [6, 6.07) is 23.1. The van der Waals surface area contributed by atoms with Gasteiger partial charge >= 0.3 is 0 Å². The number of ether oxygens (including phenoxy) is 1. The third-order valence-corrected chi connectivity index (χ3v) is 6.51. The van der Waals surface area contributed by atoms with E-state index in [9.17, 15) is 9.59 Å². The second-order valence-electron chi connectivity index (χ2n) is 8.69. The van der Waals surface area contributed by atoms with Gasteiger partial charge in [-0.1, -0.05) is 30.3 Å². The van der Waals surface area contributed by atoms with E-state index in [1.54, 1.807) is 7.11 Å². The van der Waals surface area contributed by atoms with E-state index in [1.807, 2.05) is 95.7 Å². The molecule has 34 heavy (non-hydrogen) atoms. The summed E-state index contributed by atoms with van der Waals surface area (Å²) in [5.41, 5.74) is 4.32. The fourth-order valence-electron chi connectivity index (χ4n) is 4.58. The number of hydrogen-bond donors (Lipinski definition) is 1. The van der Waals surface area contributed by atoms with E-state index in [2.05, 4.69) is 4.98 Å². The van der Waals surface area contributed by atoms with Crippen molar-refractivity contribution < 1.29 is 14.3 Å². The zero-order chi connectivity index (χ0) is 23.7. The minimum atomic E-state index is -0.0718. The van der Waals surface area contributed by atoms with Crippen molar-refractivity contribution in [1.82, 2.24) is 14.8 Å². The van der Waals surface area contributed by atoms with Crippen LogP contribution in [-0.2, 0) is 0 Å². The summed E-state index contributed by atoms with van der Waals surface area (Å²) < 4.78 is 5.31. The van der Waals surface area contributed by atoms with E-state index in [0.29, 0.717) is 30.8 Å². The van der Waals surface area contributed by atoms with Crippen LogP contribution >= 0.6 is 0 Å². The number of amides is 2. The number of carbonyl (C=O) groups excluding carboxylic acids is 2. The van der Waals surface area contributed by atoms with Crippen molar-refractivity contribution in [1.29, 1.82) is 0 Å². The maximum absolute atomic E-state index is 13.2. The molecule has 1 atom stereocenters. The SMILES string of the molecule is COc1cccc(-c2ccc(C(=O)N3CCN(C(=O)c4ccc5cc[nH]c5c4)C[C@@H]3C)cc2)c1. The number of methoxy groups -OCH3 is 1. The number of carbonyl (C=O) groups is 2. The number of benzene rings is 3. The van der Waals surface area contributed by atoms with Gasteiger partial charge in [0.25, 0.3) is 11.8 Å². The molecule has 1 aliphatic rings. The van der Waals surface area contributed by atoms with Crippen molar-refractivity contribution in [2.45, 2.75) is 13.0 Å². The highest BCUT2D eigenvalue weighted by atomic mass is 16.5. The summed E-state index contributed by atoms with van der Waals surface area (Å²) >= 11 is 0. The maximum Gasteiger partial charge on any atom is 0.254 e. The number of piperazine rings is 1. The van der Waals surface area contributed by atoms with Crippen LogP contribution in [0.4, 0.5) is 0 Å². The number of aromatic nitrogens is 1. The van der Waals surface area contributed by atoms with E-state index in [0.717, 1.165) is 27.8 Å². The maximum atomic E-state index is 13.2. The van der Waals surface area contributed by atoms with Crippen LogP contribution in [0.25, 0.3) is 22.0 Å². The lowest BCUT2D eigenvalue weighted by Gasteiger charge is -2.40. The van der Waals surface area contributed by atoms with Gasteiger partial charge in [0.05, 0.1) is 7.11 Å². The van der Waals surface area contributed by atoms with E-state index >= 15 is 0 Å². The van der Waals surface area contributed by atoms with Crippen molar-refractivity contribution in [3.8, 4) is 16.9 Å². The van der Waals surface area contributed by atoms with E-state index < -0.39 is 0 Å². The predicted octanol–water partition coefficient (Wildman–Crippen LogP) is 4.83. The lowest BCUT2D eigenvalue weighted by molar-refractivity contribution is 0.0414. The van der Waals surface area contributed by atoms with Gasteiger partial charge in [-0.15, -0.1) is 0 Å². The average Bonchev–Trinajstić information content (AvgIpc) is 3.36. The van der Waals surface area contributed by atoms with Crippen LogP contribution in [0.2, 0.25) is 0 Å². The summed E-state index contributed by atoms with van der Waals surface area (Å²) in [7, 11) is 1.65. The van der Waals surface area contributed by atoms with Crippen molar-refractivity contribution in [2.24, 2.45) is 0 Å². The second-order valence-corrected chi connectivity index (χ2v) is 8.69. The van der Waals surface area contributed by atoms with Crippen molar-refractivity contribution in [2.75, 3.05) is 26.7 Å². The molecule has 2 heterocycles. The lowest BCUT2D eigenvalue weighted by Crippen LogP contribution is -2.55. The van der Waals surface area contributed by atoms with E-state index in [-0.39, 0.29) is 17.9 Å². The fraction of sp³-hybridized carbons (Fsp3) is 0.214. The smallest absolute Gasteiger partial charge is 0.254 e. The van der Waals surface area contributed by atoms with Crippen LogP contribution in [0.5, 0.6) is 5.75 Å². The largest absolute Gasteiger partial charge is 0.497 e. The number of nitrogens with one attached hydrogen (secondary N) is 1. The Morgan fingerprint density at radius 3 is 2.44 bits per heavy atom. The Kier molecular flexibility index (Phi) is 5.80. The molecule has 2 amide bonds. The van der Waals surface area contributed by atoms with Crippen molar-refractivity contribution in [3.05, 3.63) is 90.1 Å². The molecule has 0 saturated carbocycles. The Hall–Kier alpha value is -4.06. The Bertz CT molecular complexity index is 1340. The molecular weight excluding hydrogens is 426 g/mol. The molecule has 3 aromatic carbocycles. The van der Waals surface area contributed by atoms with E-state index in [4.69, 9.17) is 4.74 Å². The molecule has 5 rings (SSSR count). The highest BCUT2D eigenvalue weighted by Crippen LogP contribution is 2.25. The molecule has 172 valence electrons. The zero-order valence-electron chi connectivity index (χ0n) is 19.3. The molecule has 0 spiro atoms. The number of H-pyrrole nitrogens is 1. The van der Waals surface area contributed by atoms with Gasteiger partial charge < -0.3 is 19.5 Å². The molecule has 4 aromatic rings. The Morgan fingerprint density at radius 2 is 1.68 bits per heavy atom. The monoisotopic (exact) mass is 453 g/mol. The fourth-order valence-corrected chi connectivity index (χ4v) is 4.58. The minimum absolute atomic E-state index is 0.00177. The first-order valence-corrected chi connectivity index (χ1v) is 11.5. The van der Waals surface area contributed by atoms with Crippen LogP contribution in [-0.4, -0.2) is 59.4 Å². The molecule has 1 aromatic heterocycles. The quantitative estimate of drug-likeness (QED) is 0.481. The molecular formula is C28H27N3O3. The molecule has 1 saturated heterocycles. The number of fused-ring (bicyclic) bond motifs is 1. The first-order chi connectivity index (χ1) is 16.5. The van der Waals surface area contributed by atoms with Crippen molar-refractivity contribution in [3.63, 3.8) is 0 Å². The molecule has 1 aliphatic heterocycles. The molecule has 6 heteroatoms. The van der Waals surface area contributed by atoms with E-state index in [1.165, 1.54) is 0 Å². The highest BCUT2D eigenvalue weighted by molar-refractivity contribution is 5.98. The normalized spacial score (nSPS) is 16.0. The minimum Gasteiger partial charge on any atom is -0.497 e. The number of aromatic amines is 1. The first-order valence-electron chi connectivity index (χ1n) is 11.5. The van der Waals surface area contributed by atoms with Crippen LogP contribution in [0.1, 0.15) is 27.6 Å². The predicted molar refractivity (Wildman–Crippen MR) is 133 cm³/mol. The molecule has 6 nitrogen and oxygen atoms in total. The summed E-state index contributed by atoms with van der Waals surface area (Å²) in [6.07, 6.45) is 1.87. The molecule has 1 N–H and O–H groups in total. The number of nitrogens with zero attached hydrogens (tertiary/aromatic N) is 2. The lowest BCUT2D eigenvalue weighted by atomic mass is 10.0. The summed E-state index contributed by atoms with van der Waals surface area (Å²) in [5.74, 6) is 0.786. The molecule has 0 aliphatic carbocycles. The van der Waals surface area contributed by atoms with Crippen LogP contribution in [0.3, 0.4) is 0 Å². The van der Waals surface area contributed by atoms with Gasteiger partial charge in [0.2, 0.25) is 0 Å². The zero-order valence-corrected chi connectivity index (χ0v) is 19.3. The topological polar surface area (TPSA) is 65.6 Å². The summed E-state index contributed by atoms with van der Waals surface area (Å²) in [4.78, 5) is 33.1. The van der Waals surface area contributed by atoms with Gasteiger partial charge in [-0.05, 0) is 65.9 Å². The van der Waals surface area contributed by atoms with Crippen LogP contribution < -0.4 is 4.74 Å². The van der Waals surface area contributed by atoms with Crippen LogP contribution in [0, 0.1) is 0 Å². The van der Waals surface area contributed by atoms with Crippen molar-refractivity contribution >= 4 is 22.7 Å². The number of hydrogen-bond acceptors (Lipinski definition) is 3. The average molecular weight is 454 g/mol. The molecule has 1 fully saturated rings. The Labute approximate surface area is 198 Å². The standard InChI is InChI=1S/C28H27N3O3/c1-19-18-30(27(32)24-11-8-21-12-13-29-26(21)17-24)14-15-31(19)28(33)22-9-6-20(7-10-22)23-4-3-5-25(16-23)34-2/h3-13,16-17,19,29H,14-15,18H2,1-2H3/t19-/m0/s1. The van der Waals surface area contributed by atoms with Crippen LogP contribution in [0.15, 0.2) is 79.0 Å². The third kappa shape index (κ3) is 4.15. The Morgan fingerprint density at radius 1 is 0.882 bits per heavy atom. The molecule has 0 bridgehead atoms. The highest BCUT2D eigenvalue weighted by Gasteiger charge is 2.30. The molecule has 0 radical (unpaired) electrons. The first kappa shape index (κ1) is 21.8. The van der Waals surface area contributed by atoms with Gasteiger partial charge in [-0.25, -0.2) is 0 Å². The van der Waals surface area contributed by atoms with Gasteiger partial charge in [-0.2, -0.15) is 0 Å². The summed E-state index contributed by atoms with van der Waals surface area (Å²) in [6.45, 7) is 3.53. The Balaban J connectivity index is 1.26. The molecule has 0 unspecified atom stereocenters. The van der Waals surface area contributed by atoms with Gasteiger partial charge in [0.1, 0.15) is 5.75 Å². The van der Waals surface area contributed by atoms with Gasteiger partial charge in [-0.3, -0.25) is 9.59 Å². The summed E-state index contributed by atoms with van der Waals surface area (Å²) in [5, 5.41) is 1.08. The number of rotatable bonds is 4. The van der Waals surface area contributed by atoms with Gasteiger partial charge in [0, 0.05) is 48.5 Å². The van der Waals surface area contributed by atoms with Gasteiger partial charge in [0.15, 0.2) is 0 Å². The second kappa shape index (κ2) is 9.06.